The topological polar surface area (TPSA) is 48.5 Å². The maximum absolute atomic E-state index is 11.7. The van der Waals surface area contributed by atoms with Gasteiger partial charge in [-0.1, -0.05) is 6.92 Å². The molecule has 0 radical (unpaired) electrons. The lowest BCUT2D eigenvalue weighted by molar-refractivity contribution is -0.129. The highest BCUT2D eigenvalue weighted by atomic mass is 16.2. The molecule has 0 bridgehead atoms. The van der Waals surface area contributed by atoms with Gasteiger partial charge in [-0.3, -0.25) is 9.78 Å². The Balaban J connectivity index is 2.08. The Labute approximate surface area is 114 Å². The van der Waals surface area contributed by atoms with Gasteiger partial charge in [0.1, 0.15) is 0 Å². The maximum Gasteiger partial charge on any atom is 0.241 e. The van der Waals surface area contributed by atoms with Crippen molar-refractivity contribution < 1.29 is 4.79 Å². The first-order chi connectivity index (χ1) is 9.15. The Hall–Kier alpha value is -1.62. The first kappa shape index (κ1) is 13.8. The average Bonchev–Trinajstić information content (AvgIpc) is 2.44. The summed E-state index contributed by atoms with van der Waals surface area (Å²) in [5.74, 6) is 0.164. The highest BCUT2D eigenvalue weighted by Crippen LogP contribution is 2.19. The lowest BCUT2D eigenvalue weighted by Crippen LogP contribution is -2.48. The summed E-state index contributed by atoms with van der Waals surface area (Å²) >= 11 is 0. The molecule has 2 rings (SSSR count). The minimum atomic E-state index is 0.164. The van der Waals surface area contributed by atoms with Crippen LogP contribution in [0.4, 0.5) is 5.69 Å². The molecule has 1 aliphatic heterocycles. The van der Waals surface area contributed by atoms with Gasteiger partial charge in [-0.05, 0) is 25.6 Å². The molecule has 0 aromatic carbocycles. The van der Waals surface area contributed by atoms with Gasteiger partial charge in [0, 0.05) is 26.2 Å². The third-order valence-electron chi connectivity index (χ3n) is 3.71. The molecule has 1 aliphatic rings. The van der Waals surface area contributed by atoms with Crippen molar-refractivity contribution in [2.45, 2.75) is 19.4 Å². The van der Waals surface area contributed by atoms with Crippen LogP contribution in [0.3, 0.4) is 0 Å². The minimum Gasteiger partial charge on any atom is -0.359 e. The molecule has 1 aromatic rings. The second-order valence-corrected chi connectivity index (χ2v) is 4.93. The largest absolute Gasteiger partial charge is 0.359 e. The van der Waals surface area contributed by atoms with Crippen LogP contribution in [0.2, 0.25) is 0 Å². The lowest BCUT2D eigenvalue weighted by atomic mass is 10.1. The van der Waals surface area contributed by atoms with Gasteiger partial charge in [0.05, 0.1) is 24.1 Å². The Morgan fingerprint density at radius 3 is 2.74 bits per heavy atom. The fourth-order valence-corrected chi connectivity index (χ4v) is 2.33. The predicted molar refractivity (Wildman–Crippen MR) is 76.2 cm³/mol. The van der Waals surface area contributed by atoms with Crippen LogP contribution in [0.5, 0.6) is 0 Å². The second kappa shape index (κ2) is 6.02. The molecule has 1 aromatic heterocycles. The van der Waals surface area contributed by atoms with Gasteiger partial charge in [-0.15, -0.1) is 0 Å². The molecule has 1 saturated heterocycles. The minimum absolute atomic E-state index is 0.164. The number of rotatable bonds is 4. The zero-order valence-corrected chi connectivity index (χ0v) is 11.9. The Kier molecular flexibility index (Phi) is 4.37. The van der Waals surface area contributed by atoms with Gasteiger partial charge in [0.25, 0.3) is 0 Å². The Morgan fingerprint density at radius 2 is 2.21 bits per heavy atom. The third-order valence-corrected chi connectivity index (χ3v) is 3.71. The Bertz CT molecular complexity index is 428. The average molecular weight is 262 g/mol. The number of nitrogens with one attached hydrogen (secondary N) is 1. The van der Waals surface area contributed by atoms with Gasteiger partial charge >= 0.3 is 0 Å². The number of likely N-dealkylation sites (N-methyl/N-ethyl adjacent to an activating group) is 1. The van der Waals surface area contributed by atoms with Crippen LogP contribution in [0, 0.1) is 0 Å². The summed E-state index contributed by atoms with van der Waals surface area (Å²) in [6, 6.07) is 4.40. The molecule has 2 heterocycles. The number of amides is 1. The summed E-state index contributed by atoms with van der Waals surface area (Å²) in [6.07, 6.45) is 2.88. The van der Waals surface area contributed by atoms with Gasteiger partial charge in [0.15, 0.2) is 0 Å². The van der Waals surface area contributed by atoms with Crippen molar-refractivity contribution in [3.8, 4) is 0 Å². The highest BCUT2D eigenvalue weighted by molar-refractivity contribution is 5.82. The predicted octanol–water partition coefficient (Wildman–Crippen LogP) is 1.03. The number of pyridine rings is 1. The molecule has 0 spiro atoms. The van der Waals surface area contributed by atoms with E-state index in [-0.39, 0.29) is 5.91 Å². The quantitative estimate of drug-likeness (QED) is 0.880. The summed E-state index contributed by atoms with van der Waals surface area (Å²) in [6.45, 7) is 4.22. The summed E-state index contributed by atoms with van der Waals surface area (Å²) in [7, 11) is 3.79. The molecule has 0 saturated carbocycles. The number of aromatic nitrogens is 1. The van der Waals surface area contributed by atoms with Crippen molar-refractivity contribution >= 4 is 11.6 Å². The van der Waals surface area contributed by atoms with E-state index in [1.54, 1.807) is 4.90 Å². The molecule has 1 fully saturated rings. The van der Waals surface area contributed by atoms with E-state index in [4.69, 9.17) is 0 Å². The number of piperazine rings is 1. The van der Waals surface area contributed by atoms with Crippen LogP contribution >= 0.6 is 0 Å². The number of carbonyl (C=O) groups is 1. The van der Waals surface area contributed by atoms with Gasteiger partial charge < -0.3 is 15.1 Å². The second-order valence-electron chi connectivity index (χ2n) is 4.93. The van der Waals surface area contributed by atoms with E-state index < -0.39 is 0 Å². The number of carbonyl (C=O) groups excluding carboxylic acids is 1. The molecular formula is C14H22N4O. The third kappa shape index (κ3) is 3.04. The first-order valence-electron chi connectivity index (χ1n) is 6.77. The summed E-state index contributed by atoms with van der Waals surface area (Å²) < 4.78 is 0. The standard InChI is InChI=1S/C14H22N4O/c1-4-12(15-2)13-6-5-11(9-16-13)18-8-7-17(3)14(19)10-18/h5-6,9,12,15H,4,7-8,10H2,1-3H3. The fourth-order valence-electron chi connectivity index (χ4n) is 2.33. The number of nitrogens with zero attached hydrogens (tertiary/aromatic N) is 3. The van der Waals surface area contributed by atoms with Crippen LogP contribution in [-0.4, -0.2) is 49.5 Å². The van der Waals surface area contributed by atoms with Crippen molar-refractivity contribution in [1.82, 2.24) is 15.2 Å². The van der Waals surface area contributed by atoms with E-state index in [1.165, 1.54) is 0 Å². The molecule has 1 N–H and O–H groups in total. The SMILES string of the molecule is CCC(NC)c1ccc(N2CCN(C)C(=O)C2)cn1. The molecule has 1 unspecified atom stereocenters. The molecule has 0 aliphatic carbocycles. The van der Waals surface area contributed by atoms with E-state index in [0.29, 0.717) is 12.6 Å². The van der Waals surface area contributed by atoms with Crippen molar-refractivity contribution in [2.24, 2.45) is 0 Å². The summed E-state index contributed by atoms with van der Waals surface area (Å²) in [5.41, 5.74) is 2.07. The number of anilines is 1. The molecule has 5 nitrogen and oxygen atoms in total. The maximum atomic E-state index is 11.7. The van der Waals surface area contributed by atoms with E-state index >= 15 is 0 Å². The zero-order valence-electron chi connectivity index (χ0n) is 11.9. The van der Waals surface area contributed by atoms with Crippen molar-refractivity contribution in [3.63, 3.8) is 0 Å². The van der Waals surface area contributed by atoms with Crippen molar-refractivity contribution in [3.05, 3.63) is 24.0 Å². The normalized spacial score (nSPS) is 17.7. The van der Waals surface area contributed by atoms with Crippen LogP contribution in [-0.2, 0) is 4.79 Å². The van der Waals surface area contributed by atoms with E-state index in [2.05, 4.69) is 28.2 Å². The number of hydrogen-bond acceptors (Lipinski definition) is 4. The van der Waals surface area contributed by atoms with Crippen molar-refractivity contribution in [2.75, 3.05) is 38.6 Å². The molecule has 1 amide bonds. The molecule has 19 heavy (non-hydrogen) atoms. The lowest BCUT2D eigenvalue weighted by Gasteiger charge is -2.33. The highest BCUT2D eigenvalue weighted by Gasteiger charge is 2.21. The summed E-state index contributed by atoms with van der Waals surface area (Å²) in [5, 5.41) is 3.24. The van der Waals surface area contributed by atoms with Gasteiger partial charge in [0.2, 0.25) is 5.91 Å². The molecular weight excluding hydrogens is 240 g/mol. The fraction of sp³-hybridized carbons (Fsp3) is 0.571. The van der Waals surface area contributed by atoms with Crippen LogP contribution in [0.15, 0.2) is 18.3 Å². The monoisotopic (exact) mass is 262 g/mol. The van der Waals surface area contributed by atoms with Gasteiger partial charge in [-0.25, -0.2) is 0 Å². The van der Waals surface area contributed by atoms with Crippen LogP contribution < -0.4 is 10.2 Å². The van der Waals surface area contributed by atoms with E-state index in [1.807, 2.05) is 26.4 Å². The van der Waals surface area contributed by atoms with Gasteiger partial charge in [-0.2, -0.15) is 0 Å². The van der Waals surface area contributed by atoms with Crippen LogP contribution in [0.1, 0.15) is 25.1 Å². The first-order valence-corrected chi connectivity index (χ1v) is 6.77. The van der Waals surface area contributed by atoms with E-state index in [9.17, 15) is 4.79 Å². The Morgan fingerprint density at radius 1 is 1.42 bits per heavy atom. The smallest absolute Gasteiger partial charge is 0.241 e. The molecule has 104 valence electrons. The van der Waals surface area contributed by atoms with Crippen molar-refractivity contribution in [1.29, 1.82) is 0 Å². The number of hydrogen-bond donors (Lipinski definition) is 1. The molecule has 1 atom stereocenters. The summed E-state index contributed by atoms with van der Waals surface area (Å²) in [4.78, 5) is 20.1. The van der Waals surface area contributed by atoms with Crippen LogP contribution in [0.25, 0.3) is 0 Å². The van der Waals surface area contributed by atoms with E-state index in [0.717, 1.165) is 30.9 Å². The zero-order chi connectivity index (χ0) is 13.8. The molecule has 5 heteroatoms.